The first-order valence-corrected chi connectivity index (χ1v) is 6.97. The summed E-state index contributed by atoms with van der Waals surface area (Å²) in [6, 6.07) is 6.74. The lowest BCUT2D eigenvalue weighted by Gasteiger charge is -2.24. The van der Waals surface area contributed by atoms with Crippen LogP contribution in [0.15, 0.2) is 36.9 Å². The van der Waals surface area contributed by atoms with E-state index in [0.29, 0.717) is 24.2 Å². The van der Waals surface area contributed by atoms with Gasteiger partial charge in [-0.15, -0.1) is 6.58 Å². The van der Waals surface area contributed by atoms with Gasteiger partial charge < -0.3 is 16.4 Å². The minimum Gasteiger partial charge on any atom is -0.349 e. The summed E-state index contributed by atoms with van der Waals surface area (Å²) >= 11 is 0. The maximum Gasteiger partial charge on any atom is 0.251 e. The van der Waals surface area contributed by atoms with Crippen molar-refractivity contribution in [2.75, 3.05) is 18.4 Å². The molecule has 1 aromatic rings. The maximum absolute atomic E-state index is 12.2. The van der Waals surface area contributed by atoms with Crippen molar-refractivity contribution >= 4 is 17.5 Å². The molecule has 0 spiro atoms. The van der Waals surface area contributed by atoms with Crippen LogP contribution in [0.25, 0.3) is 0 Å². The van der Waals surface area contributed by atoms with E-state index < -0.39 is 5.41 Å². The Morgan fingerprint density at radius 2 is 1.95 bits per heavy atom. The number of carbonyl (C=O) groups excluding carboxylic acids is 2. The number of anilines is 1. The molecule has 0 aliphatic carbocycles. The molecule has 1 unspecified atom stereocenters. The molecule has 114 valence electrons. The number of benzene rings is 1. The second kappa shape index (κ2) is 7.59. The average molecular weight is 289 g/mol. The van der Waals surface area contributed by atoms with E-state index in [1.807, 2.05) is 13.8 Å². The van der Waals surface area contributed by atoms with Crippen LogP contribution in [0.4, 0.5) is 5.69 Å². The fourth-order valence-electron chi connectivity index (χ4n) is 1.65. The summed E-state index contributed by atoms with van der Waals surface area (Å²) in [7, 11) is 0. The molecule has 0 radical (unpaired) electrons. The molecule has 0 aliphatic rings. The Hall–Kier alpha value is -2.14. The summed E-state index contributed by atoms with van der Waals surface area (Å²) in [4.78, 5) is 23.9. The number of nitrogens with one attached hydrogen (secondary N) is 2. The largest absolute Gasteiger partial charge is 0.349 e. The molecule has 0 saturated heterocycles. The molecule has 0 fully saturated rings. The predicted molar refractivity (Wildman–Crippen MR) is 85.1 cm³/mol. The number of nitrogens with two attached hydrogens (primary N) is 1. The molecule has 1 atom stereocenters. The third kappa shape index (κ3) is 4.43. The molecule has 0 bridgehead atoms. The van der Waals surface area contributed by atoms with Gasteiger partial charge in [0.05, 0.1) is 5.41 Å². The van der Waals surface area contributed by atoms with Gasteiger partial charge in [0, 0.05) is 24.3 Å². The van der Waals surface area contributed by atoms with Crippen LogP contribution in [-0.2, 0) is 4.79 Å². The Morgan fingerprint density at radius 3 is 2.43 bits per heavy atom. The maximum atomic E-state index is 12.2. The second-order valence-electron chi connectivity index (χ2n) is 5.15. The standard InChI is InChI=1S/C16H23N3O2/c1-4-10-18-14(20)12-6-8-13(9-7-12)19-15(21)16(3,5-2)11-17/h4,6-9H,1,5,10-11,17H2,2-3H3,(H,18,20)(H,19,21). The lowest BCUT2D eigenvalue weighted by Crippen LogP contribution is -2.39. The summed E-state index contributed by atoms with van der Waals surface area (Å²) in [5.41, 5.74) is 6.26. The van der Waals surface area contributed by atoms with Gasteiger partial charge in [-0.1, -0.05) is 13.0 Å². The zero-order chi connectivity index (χ0) is 15.9. The van der Waals surface area contributed by atoms with E-state index in [9.17, 15) is 9.59 Å². The Kier molecular flexibility index (Phi) is 6.11. The molecule has 0 aromatic heterocycles. The van der Waals surface area contributed by atoms with Crippen LogP contribution in [0.2, 0.25) is 0 Å². The summed E-state index contributed by atoms with van der Waals surface area (Å²) in [6.45, 7) is 8.01. The Balaban J connectivity index is 2.73. The second-order valence-corrected chi connectivity index (χ2v) is 5.15. The number of hydrogen-bond acceptors (Lipinski definition) is 3. The van der Waals surface area contributed by atoms with Gasteiger partial charge >= 0.3 is 0 Å². The highest BCUT2D eigenvalue weighted by molar-refractivity contribution is 5.97. The lowest BCUT2D eigenvalue weighted by molar-refractivity contribution is -0.124. The fraction of sp³-hybridized carbons (Fsp3) is 0.375. The van der Waals surface area contributed by atoms with E-state index in [1.54, 1.807) is 30.3 Å². The first kappa shape index (κ1) is 16.9. The minimum absolute atomic E-state index is 0.114. The minimum atomic E-state index is -0.583. The van der Waals surface area contributed by atoms with Crippen LogP contribution in [0.1, 0.15) is 30.6 Å². The van der Waals surface area contributed by atoms with Crippen LogP contribution in [0.3, 0.4) is 0 Å². The normalized spacial score (nSPS) is 13.1. The molecule has 2 amide bonds. The van der Waals surface area contributed by atoms with E-state index in [2.05, 4.69) is 17.2 Å². The van der Waals surface area contributed by atoms with E-state index in [4.69, 9.17) is 5.73 Å². The smallest absolute Gasteiger partial charge is 0.251 e. The number of rotatable bonds is 7. The van der Waals surface area contributed by atoms with Crippen molar-refractivity contribution in [1.82, 2.24) is 5.32 Å². The van der Waals surface area contributed by atoms with E-state index in [-0.39, 0.29) is 18.4 Å². The van der Waals surface area contributed by atoms with Crippen molar-refractivity contribution in [3.63, 3.8) is 0 Å². The third-order valence-electron chi connectivity index (χ3n) is 3.59. The van der Waals surface area contributed by atoms with Crippen LogP contribution in [0.5, 0.6) is 0 Å². The summed E-state index contributed by atoms with van der Waals surface area (Å²) in [5, 5.41) is 5.52. The SMILES string of the molecule is C=CCNC(=O)c1ccc(NC(=O)C(C)(CC)CN)cc1. The summed E-state index contributed by atoms with van der Waals surface area (Å²) in [6.07, 6.45) is 2.28. The van der Waals surface area contributed by atoms with Crippen LogP contribution >= 0.6 is 0 Å². The van der Waals surface area contributed by atoms with E-state index in [1.165, 1.54) is 0 Å². The topological polar surface area (TPSA) is 84.2 Å². The van der Waals surface area contributed by atoms with Crippen molar-refractivity contribution in [2.45, 2.75) is 20.3 Å². The van der Waals surface area contributed by atoms with Gasteiger partial charge in [-0.2, -0.15) is 0 Å². The van der Waals surface area contributed by atoms with Crippen molar-refractivity contribution < 1.29 is 9.59 Å². The van der Waals surface area contributed by atoms with Crippen molar-refractivity contribution in [2.24, 2.45) is 11.1 Å². The van der Waals surface area contributed by atoms with Crippen LogP contribution in [0, 0.1) is 5.41 Å². The fourth-order valence-corrected chi connectivity index (χ4v) is 1.65. The van der Waals surface area contributed by atoms with Crippen molar-refractivity contribution in [3.05, 3.63) is 42.5 Å². The zero-order valence-electron chi connectivity index (χ0n) is 12.6. The highest BCUT2D eigenvalue weighted by Crippen LogP contribution is 2.22. The Bertz CT molecular complexity index is 505. The van der Waals surface area contributed by atoms with Crippen LogP contribution in [-0.4, -0.2) is 24.9 Å². The molecule has 5 nitrogen and oxygen atoms in total. The molecular weight excluding hydrogens is 266 g/mol. The van der Waals surface area contributed by atoms with Crippen molar-refractivity contribution in [1.29, 1.82) is 0 Å². The van der Waals surface area contributed by atoms with Gasteiger partial charge in [-0.25, -0.2) is 0 Å². The average Bonchev–Trinajstić information content (AvgIpc) is 2.52. The molecule has 4 N–H and O–H groups in total. The number of amides is 2. The highest BCUT2D eigenvalue weighted by atomic mass is 16.2. The third-order valence-corrected chi connectivity index (χ3v) is 3.59. The monoisotopic (exact) mass is 289 g/mol. The Morgan fingerprint density at radius 1 is 1.33 bits per heavy atom. The lowest BCUT2D eigenvalue weighted by atomic mass is 9.86. The van der Waals surface area contributed by atoms with Crippen LogP contribution < -0.4 is 16.4 Å². The number of carbonyl (C=O) groups is 2. The zero-order valence-corrected chi connectivity index (χ0v) is 12.6. The Labute approximate surface area is 125 Å². The molecule has 0 heterocycles. The molecular formula is C16H23N3O2. The highest BCUT2D eigenvalue weighted by Gasteiger charge is 2.29. The molecule has 5 heteroatoms. The first-order chi connectivity index (χ1) is 9.96. The quantitative estimate of drug-likeness (QED) is 0.670. The molecule has 21 heavy (non-hydrogen) atoms. The van der Waals surface area contributed by atoms with E-state index >= 15 is 0 Å². The first-order valence-electron chi connectivity index (χ1n) is 6.97. The molecule has 0 aliphatic heterocycles. The molecule has 1 aromatic carbocycles. The summed E-state index contributed by atoms with van der Waals surface area (Å²) < 4.78 is 0. The number of hydrogen-bond donors (Lipinski definition) is 3. The van der Waals surface area contributed by atoms with Gasteiger partial charge in [0.2, 0.25) is 5.91 Å². The van der Waals surface area contributed by atoms with Crippen molar-refractivity contribution in [3.8, 4) is 0 Å². The predicted octanol–water partition coefficient (Wildman–Crippen LogP) is 1.92. The van der Waals surface area contributed by atoms with Gasteiger partial charge in [-0.05, 0) is 37.6 Å². The van der Waals surface area contributed by atoms with Gasteiger partial charge in [0.25, 0.3) is 5.91 Å². The van der Waals surface area contributed by atoms with E-state index in [0.717, 1.165) is 0 Å². The summed E-state index contributed by atoms with van der Waals surface area (Å²) in [5.74, 6) is -0.288. The van der Waals surface area contributed by atoms with Gasteiger partial charge in [0.1, 0.15) is 0 Å². The molecule has 1 rings (SSSR count). The molecule has 0 saturated carbocycles. The van der Waals surface area contributed by atoms with Gasteiger partial charge in [0.15, 0.2) is 0 Å². The van der Waals surface area contributed by atoms with Gasteiger partial charge in [-0.3, -0.25) is 9.59 Å².